The molecule has 1 heterocycles. The lowest BCUT2D eigenvalue weighted by Gasteiger charge is -2.32. The van der Waals surface area contributed by atoms with Gasteiger partial charge in [0.1, 0.15) is 11.9 Å². The number of hydrogen-bond donors (Lipinski definition) is 3. The van der Waals surface area contributed by atoms with E-state index in [1.807, 2.05) is 6.92 Å². The molecule has 2 amide bonds. The quantitative estimate of drug-likeness (QED) is 0.408. The fourth-order valence-corrected chi connectivity index (χ4v) is 1.28. The Morgan fingerprint density at radius 2 is 2.50 bits per heavy atom. The number of nitrogens with two attached hydrogens (primary N) is 1. The number of carbonyl (C=O) groups is 1. The molecule has 1 fully saturated rings. The van der Waals surface area contributed by atoms with E-state index in [1.165, 1.54) is 0 Å². The predicted octanol–water partition coefficient (Wildman–Crippen LogP) is -0.647. The molecule has 14 heavy (non-hydrogen) atoms. The van der Waals surface area contributed by atoms with Crippen molar-refractivity contribution in [2.75, 3.05) is 26.2 Å². The van der Waals surface area contributed by atoms with E-state index in [2.05, 4.69) is 5.32 Å². The van der Waals surface area contributed by atoms with Gasteiger partial charge in [0.05, 0.1) is 13.2 Å². The van der Waals surface area contributed by atoms with E-state index in [4.69, 9.17) is 15.9 Å². The van der Waals surface area contributed by atoms with Gasteiger partial charge in [0.2, 0.25) is 0 Å². The van der Waals surface area contributed by atoms with Gasteiger partial charge >= 0.3 is 6.03 Å². The minimum absolute atomic E-state index is 0.0287. The highest BCUT2D eigenvalue weighted by Gasteiger charge is 2.25. The summed E-state index contributed by atoms with van der Waals surface area (Å²) in [6, 6.07) is -0.123. The lowest BCUT2D eigenvalue weighted by molar-refractivity contribution is 0.0210. The van der Waals surface area contributed by atoms with Crippen LogP contribution >= 0.6 is 0 Å². The van der Waals surface area contributed by atoms with E-state index >= 15 is 0 Å². The van der Waals surface area contributed by atoms with Crippen molar-refractivity contribution in [1.82, 2.24) is 10.2 Å². The zero-order valence-electron chi connectivity index (χ0n) is 8.25. The fraction of sp³-hybridized carbons (Fsp3) is 0.750. The highest BCUT2D eigenvalue weighted by atomic mass is 16.5. The maximum absolute atomic E-state index is 11.4. The van der Waals surface area contributed by atoms with Crippen LogP contribution in [0.5, 0.6) is 0 Å². The first-order chi connectivity index (χ1) is 6.65. The summed E-state index contributed by atoms with van der Waals surface area (Å²) in [6.45, 7) is 3.81. The van der Waals surface area contributed by atoms with Gasteiger partial charge < -0.3 is 20.7 Å². The number of amidine groups is 1. The minimum Gasteiger partial charge on any atom is -0.385 e. The summed E-state index contributed by atoms with van der Waals surface area (Å²) in [4.78, 5) is 13.0. The first-order valence-corrected chi connectivity index (χ1v) is 4.63. The molecular formula is C8H16N4O2. The van der Waals surface area contributed by atoms with Crippen LogP contribution < -0.4 is 11.1 Å². The topological polar surface area (TPSA) is 91.4 Å². The normalized spacial score (nSPS) is 21.8. The fourth-order valence-electron chi connectivity index (χ4n) is 1.28. The highest BCUT2D eigenvalue weighted by molar-refractivity contribution is 5.83. The van der Waals surface area contributed by atoms with E-state index in [0.717, 1.165) is 0 Å². The van der Waals surface area contributed by atoms with E-state index in [9.17, 15) is 4.79 Å². The Morgan fingerprint density at radius 1 is 1.79 bits per heavy atom. The van der Waals surface area contributed by atoms with Crippen LogP contribution in [-0.4, -0.2) is 49.1 Å². The molecule has 0 aromatic heterocycles. The average Bonchev–Trinajstić information content (AvgIpc) is 2.18. The lowest BCUT2D eigenvalue weighted by atomic mass is 10.2. The van der Waals surface area contributed by atoms with Crippen LogP contribution in [0, 0.1) is 5.41 Å². The molecule has 0 radical (unpaired) electrons. The number of nitrogens with zero attached hydrogens (tertiary/aromatic N) is 1. The van der Waals surface area contributed by atoms with E-state index in [1.54, 1.807) is 4.90 Å². The monoisotopic (exact) mass is 200 g/mol. The number of morpholine rings is 1. The SMILES string of the molecule is CCNC(=O)N1CCOC(C(=N)N)C1. The Balaban J connectivity index is 2.47. The van der Waals surface area contributed by atoms with Crippen LogP contribution in [0.15, 0.2) is 0 Å². The number of urea groups is 1. The van der Waals surface area contributed by atoms with E-state index in [-0.39, 0.29) is 11.9 Å². The van der Waals surface area contributed by atoms with Crippen molar-refractivity contribution >= 4 is 11.9 Å². The molecule has 6 nitrogen and oxygen atoms in total. The van der Waals surface area contributed by atoms with Crippen molar-refractivity contribution in [1.29, 1.82) is 5.41 Å². The summed E-state index contributed by atoms with van der Waals surface area (Å²) in [5, 5.41) is 9.91. The van der Waals surface area contributed by atoms with Gasteiger partial charge in [0.15, 0.2) is 0 Å². The third kappa shape index (κ3) is 2.59. The van der Waals surface area contributed by atoms with E-state index < -0.39 is 6.10 Å². The van der Waals surface area contributed by atoms with Crippen LogP contribution in [-0.2, 0) is 4.74 Å². The zero-order chi connectivity index (χ0) is 10.6. The molecule has 1 saturated heterocycles. The summed E-state index contributed by atoms with van der Waals surface area (Å²) < 4.78 is 5.23. The molecule has 80 valence electrons. The molecule has 0 spiro atoms. The number of amides is 2. The van der Waals surface area contributed by atoms with Gasteiger partial charge in [-0.15, -0.1) is 0 Å². The van der Waals surface area contributed by atoms with Crippen LogP contribution in [0.4, 0.5) is 4.79 Å². The van der Waals surface area contributed by atoms with Crippen molar-refractivity contribution in [3.8, 4) is 0 Å². The van der Waals surface area contributed by atoms with Crippen molar-refractivity contribution < 1.29 is 9.53 Å². The molecule has 0 aromatic carbocycles. The molecule has 1 atom stereocenters. The molecule has 4 N–H and O–H groups in total. The molecule has 0 saturated carbocycles. The molecule has 1 rings (SSSR count). The molecule has 1 unspecified atom stereocenters. The lowest BCUT2D eigenvalue weighted by Crippen LogP contribution is -2.52. The maximum Gasteiger partial charge on any atom is 0.317 e. The first kappa shape index (κ1) is 10.8. The Bertz CT molecular complexity index is 231. The molecule has 6 heteroatoms. The second-order valence-electron chi connectivity index (χ2n) is 3.10. The van der Waals surface area contributed by atoms with Gasteiger partial charge in [-0.05, 0) is 6.92 Å². The van der Waals surface area contributed by atoms with Gasteiger partial charge in [0, 0.05) is 13.1 Å². The van der Waals surface area contributed by atoms with E-state index in [0.29, 0.717) is 26.2 Å². The Labute approximate surface area is 82.9 Å². The average molecular weight is 200 g/mol. The van der Waals surface area contributed by atoms with Gasteiger partial charge in [0.25, 0.3) is 0 Å². The predicted molar refractivity (Wildman–Crippen MR) is 52.3 cm³/mol. The number of hydrogen-bond acceptors (Lipinski definition) is 3. The van der Waals surface area contributed by atoms with Crippen LogP contribution in [0.2, 0.25) is 0 Å². The maximum atomic E-state index is 11.4. The Hall–Kier alpha value is -1.30. The summed E-state index contributed by atoms with van der Waals surface area (Å²) in [6.07, 6.45) is -0.452. The summed E-state index contributed by atoms with van der Waals surface area (Å²) in [5.41, 5.74) is 5.30. The standard InChI is InChI=1S/C8H16N4O2/c1-2-11-8(13)12-3-4-14-6(5-12)7(9)10/h6H,2-5H2,1H3,(H3,9,10)(H,11,13). The van der Waals surface area contributed by atoms with Crippen LogP contribution in [0.3, 0.4) is 0 Å². The van der Waals surface area contributed by atoms with Crippen LogP contribution in [0.25, 0.3) is 0 Å². The number of rotatable bonds is 2. The highest BCUT2D eigenvalue weighted by Crippen LogP contribution is 2.04. The van der Waals surface area contributed by atoms with Crippen molar-refractivity contribution in [3.05, 3.63) is 0 Å². The zero-order valence-corrected chi connectivity index (χ0v) is 8.25. The van der Waals surface area contributed by atoms with Gasteiger partial charge in [-0.25, -0.2) is 4.79 Å². The smallest absolute Gasteiger partial charge is 0.317 e. The number of carbonyl (C=O) groups excluding carboxylic acids is 1. The van der Waals surface area contributed by atoms with Gasteiger partial charge in [-0.2, -0.15) is 0 Å². The molecule has 0 aliphatic carbocycles. The van der Waals surface area contributed by atoms with Gasteiger partial charge in [-0.3, -0.25) is 5.41 Å². The van der Waals surface area contributed by atoms with Gasteiger partial charge in [-0.1, -0.05) is 0 Å². The molecule has 0 aromatic rings. The third-order valence-electron chi connectivity index (χ3n) is 2.03. The molecule has 0 bridgehead atoms. The van der Waals surface area contributed by atoms with Crippen molar-refractivity contribution in [2.24, 2.45) is 5.73 Å². The summed E-state index contributed by atoms with van der Waals surface area (Å²) >= 11 is 0. The number of nitrogens with one attached hydrogen (secondary N) is 2. The Kier molecular flexibility index (Phi) is 3.70. The summed E-state index contributed by atoms with van der Waals surface area (Å²) in [5.74, 6) is -0.0287. The molecule has 1 aliphatic heterocycles. The van der Waals surface area contributed by atoms with Crippen LogP contribution in [0.1, 0.15) is 6.92 Å². The second kappa shape index (κ2) is 4.80. The molecular weight excluding hydrogens is 184 g/mol. The summed E-state index contributed by atoms with van der Waals surface area (Å²) in [7, 11) is 0. The largest absolute Gasteiger partial charge is 0.385 e. The Morgan fingerprint density at radius 3 is 3.07 bits per heavy atom. The van der Waals surface area contributed by atoms with Crippen molar-refractivity contribution in [2.45, 2.75) is 13.0 Å². The molecule has 1 aliphatic rings. The third-order valence-corrected chi connectivity index (χ3v) is 2.03. The van der Waals surface area contributed by atoms with Crippen molar-refractivity contribution in [3.63, 3.8) is 0 Å². The first-order valence-electron chi connectivity index (χ1n) is 4.63. The number of ether oxygens (including phenoxy) is 1. The minimum atomic E-state index is -0.452. The second-order valence-corrected chi connectivity index (χ2v) is 3.10.